The Balaban J connectivity index is 2.15. The quantitative estimate of drug-likeness (QED) is 0.514. The van der Waals surface area contributed by atoms with Gasteiger partial charge in [-0.15, -0.1) is 6.58 Å². The molecule has 0 radical (unpaired) electrons. The van der Waals surface area contributed by atoms with Gasteiger partial charge in [0.05, 0.1) is 25.6 Å². The van der Waals surface area contributed by atoms with Gasteiger partial charge in [0.25, 0.3) is 10.1 Å². The first-order valence-corrected chi connectivity index (χ1v) is 9.65. The first kappa shape index (κ1) is 19.1. The minimum Gasteiger partial charge on any atom is -0.349 e. The second-order valence-corrected chi connectivity index (χ2v) is 7.98. The highest BCUT2D eigenvalue weighted by molar-refractivity contribution is 7.86. The summed E-state index contributed by atoms with van der Waals surface area (Å²) in [5.74, 6) is -0.185. The van der Waals surface area contributed by atoms with Gasteiger partial charge in [-0.2, -0.15) is 8.42 Å². The van der Waals surface area contributed by atoms with Gasteiger partial charge >= 0.3 is 0 Å². The van der Waals surface area contributed by atoms with E-state index in [1.54, 1.807) is 19.1 Å². The number of fused-ring (bicyclic) bond motifs is 1. The number of allylic oxidation sites excluding steroid dienone is 1. The first-order valence-electron chi connectivity index (χ1n) is 7.84. The van der Waals surface area contributed by atoms with E-state index in [9.17, 15) is 13.2 Å². The number of ether oxygens (including phenoxy) is 2. The number of carbonyl (C=O) groups excluding carboxylic acids is 1. The van der Waals surface area contributed by atoms with E-state index in [0.29, 0.717) is 24.2 Å². The molecule has 1 aliphatic carbocycles. The molecule has 0 saturated heterocycles. The molecule has 0 aromatic heterocycles. The van der Waals surface area contributed by atoms with Crippen LogP contribution in [0.2, 0.25) is 0 Å². The van der Waals surface area contributed by atoms with Gasteiger partial charge in [-0.3, -0.25) is 8.98 Å². The molecule has 0 amide bonds. The molecule has 0 saturated carbocycles. The van der Waals surface area contributed by atoms with Crippen LogP contribution in [0.3, 0.4) is 0 Å². The fourth-order valence-corrected chi connectivity index (χ4v) is 3.02. The van der Waals surface area contributed by atoms with E-state index in [1.807, 2.05) is 6.92 Å². The second-order valence-electron chi connectivity index (χ2n) is 6.34. The molecule has 2 aliphatic rings. The first-order chi connectivity index (χ1) is 11.2. The van der Waals surface area contributed by atoms with Gasteiger partial charge in [-0.05, 0) is 43.6 Å². The Bertz CT molecular complexity index is 673. The van der Waals surface area contributed by atoms with E-state index < -0.39 is 16.4 Å². The summed E-state index contributed by atoms with van der Waals surface area (Å²) < 4.78 is 39.1. The average molecular weight is 356 g/mol. The summed E-state index contributed by atoms with van der Waals surface area (Å²) in [4.78, 5) is 12.0. The lowest BCUT2D eigenvalue weighted by molar-refractivity contribution is -0.153. The molecule has 0 fully saturated rings. The molecule has 3 atom stereocenters. The van der Waals surface area contributed by atoms with Gasteiger partial charge in [0, 0.05) is 12.3 Å². The van der Waals surface area contributed by atoms with Crippen molar-refractivity contribution in [1.29, 1.82) is 0 Å². The van der Waals surface area contributed by atoms with E-state index in [1.165, 1.54) is 0 Å². The Morgan fingerprint density at radius 2 is 2.12 bits per heavy atom. The van der Waals surface area contributed by atoms with Crippen molar-refractivity contribution in [3.05, 3.63) is 35.5 Å². The van der Waals surface area contributed by atoms with Crippen LogP contribution in [0.4, 0.5) is 0 Å². The maximum Gasteiger partial charge on any atom is 0.264 e. The van der Waals surface area contributed by atoms with Crippen LogP contribution in [0.5, 0.6) is 0 Å². The zero-order valence-electron chi connectivity index (χ0n) is 14.3. The van der Waals surface area contributed by atoms with Crippen LogP contribution < -0.4 is 0 Å². The molecule has 0 aromatic rings. The standard InChI is InChI=1S/C17H24O6S/c1-11(2)5-6-21-17-8-13(10-22-24(4,19)20)14-9-15(18)12(3)7-16(14)23-17/h7-8,14,16-17H,1,5-6,9-10H2,2-4H3/t14-,16-,17+/m1/s1. The Hall–Kier alpha value is -1.28. The maximum absolute atomic E-state index is 12.0. The van der Waals surface area contributed by atoms with Crippen molar-refractivity contribution in [2.75, 3.05) is 19.5 Å². The van der Waals surface area contributed by atoms with Crippen LogP contribution in [0.25, 0.3) is 0 Å². The monoisotopic (exact) mass is 356 g/mol. The molecule has 134 valence electrons. The van der Waals surface area contributed by atoms with Gasteiger partial charge in [0.2, 0.25) is 0 Å². The highest BCUT2D eigenvalue weighted by Crippen LogP contribution is 2.35. The van der Waals surface area contributed by atoms with E-state index in [0.717, 1.165) is 11.8 Å². The molecule has 6 nitrogen and oxygen atoms in total. The zero-order valence-corrected chi connectivity index (χ0v) is 15.1. The lowest BCUT2D eigenvalue weighted by Crippen LogP contribution is -2.40. The number of Topliss-reactive ketones (excluding diaryl/α,β-unsaturated/α-hetero) is 1. The van der Waals surface area contributed by atoms with Crippen molar-refractivity contribution in [3.8, 4) is 0 Å². The minimum absolute atomic E-state index is 0.0340. The third kappa shape index (κ3) is 5.37. The van der Waals surface area contributed by atoms with Crippen LogP contribution in [-0.4, -0.2) is 46.1 Å². The lowest BCUT2D eigenvalue weighted by atomic mass is 9.80. The predicted molar refractivity (Wildman–Crippen MR) is 89.8 cm³/mol. The topological polar surface area (TPSA) is 78.9 Å². The van der Waals surface area contributed by atoms with Crippen LogP contribution in [-0.2, 0) is 28.6 Å². The molecule has 24 heavy (non-hydrogen) atoms. The van der Waals surface area contributed by atoms with Crippen LogP contribution in [0.15, 0.2) is 35.5 Å². The van der Waals surface area contributed by atoms with Crippen molar-refractivity contribution >= 4 is 15.9 Å². The number of rotatable bonds is 7. The van der Waals surface area contributed by atoms with Gasteiger partial charge < -0.3 is 9.47 Å². The molecule has 2 rings (SSSR count). The number of hydrogen-bond acceptors (Lipinski definition) is 6. The van der Waals surface area contributed by atoms with E-state index >= 15 is 0 Å². The van der Waals surface area contributed by atoms with Crippen molar-refractivity contribution < 1.29 is 26.9 Å². The summed E-state index contributed by atoms with van der Waals surface area (Å²) >= 11 is 0. The summed E-state index contributed by atoms with van der Waals surface area (Å²) in [6, 6.07) is 0. The van der Waals surface area contributed by atoms with Crippen molar-refractivity contribution in [2.24, 2.45) is 5.92 Å². The molecular formula is C17H24O6S. The molecule has 7 heteroatoms. The highest BCUT2D eigenvalue weighted by Gasteiger charge is 2.37. The summed E-state index contributed by atoms with van der Waals surface area (Å²) in [5.41, 5.74) is 2.38. The molecule has 1 heterocycles. The highest BCUT2D eigenvalue weighted by atomic mass is 32.2. The minimum atomic E-state index is -3.57. The third-order valence-electron chi connectivity index (χ3n) is 4.02. The number of hydrogen-bond donors (Lipinski definition) is 0. The third-order valence-corrected chi connectivity index (χ3v) is 4.57. The fourth-order valence-electron chi connectivity index (χ4n) is 2.67. The Morgan fingerprint density at radius 3 is 2.75 bits per heavy atom. The van der Waals surface area contributed by atoms with Crippen LogP contribution in [0.1, 0.15) is 26.7 Å². The summed E-state index contributed by atoms with van der Waals surface area (Å²) in [6.07, 6.45) is 4.57. The van der Waals surface area contributed by atoms with Gasteiger partial charge in [-0.25, -0.2) is 0 Å². The molecule has 0 spiro atoms. The lowest BCUT2D eigenvalue weighted by Gasteiger charge is -2.37. The predicted octanol–water partition coefficient (Wildman–Crippen LogP) is 2.13. The van der Waals surface area contributed by atoms with E-state index in [2.05, 4.69) is 6.58 Å². The second kappa shape index (κ2) is 7.74. The van der Waals surface area contributed by atoms with Gasteiger partial charge in [0.1, 0.15) is 0 Å². The molecular weight excluding hydrogens is 332 g/mol. The molecule has 1 aliphatic heterocycles. The Labute approximate surface area is 143 Å². The van der Waals surface area contributed by atoms with E-state index in [-0.39, 0.29) is 30.8 Å². The normalized spacial score (nSPS) is 27.3. The average Bonchev–Trinajstić information content (AvgIpc) is 2.45. The van der Waals surface area contributed by atoms with Gasteiger partial charge in [-0.1, -0.05) is 5.57 Å². The Morgan fingerprint density at radius 1 is 1.42 bits per heavy atom. The smallest absolute Gasteiger partial charge is 0.264 e. The maximum atomic E-state index is 12.0. The van der Waals surface area contributed by atoms with Crippen molar-refractivity contribution in [1.82, 2.24) is 0 Å². The van der Waals surface area contributed by atoms with Gasteiger partial charge in [0.15, 0.2) is 12.1 Å². The summed E-state index contributed by atoms with van der Waals surface area (Å²) in [6.45, 7) is 7.86. The molecule has 0 unspecified atom stereocenters. The summed E-state index contributed by atoms with van der Waals surface area (Å²) in [5, 5.41) is 0. The largest absolute Gasteiger partial charge is 0.349 e. The van der Waals surface area contributed by atoms with Crippen molar-refractivity contribution in [2.45, 2.75) is 39.1 Å². The van der Waals surface area contributed by atoms with Crippen LogP contribution in [0, 0.1) is 5.92 Å². The molecule has 0 N–H and O–H groups in total. The Kier molecular flexibility index (Phi) is 6.14. The SMILES string of the molecule is C=C(C)CCO[C@@H]1C=C(COS(C)(=O)=O)[C@H]2CC(=O)C(C)=C[C@H]2O1. The van der Waals surface area contributed by atoms with E-state index in [4.69, 9.17) is 13.7 Å². The number of carbonyl (C=O) groups is 1. The number of ketones is 1. The molecule has 0 aromatic carbocycles. The zero-order chi connectivity index (χ0) is 17.9. The fraction of sp³-hybridized carbons (Fsp3) is 0.588. The summed E-state index contributed by atoms with van der Waals surface area (Å²) in [7, 11) is -3.57. The van der Waals surface area contributed by atoms with Crippen molar-refractivity contribution in [3.63, 3.8) is 0 Å². The molecule has 0 bridgehead atoms. The van der Waals surface area contributed by atoms with Crippen LogP contribution >= 0.6 is 0 Å².